The van der Waals surface area contributed by atoms with E-state index in [1.165, 1.54) is 11.8 Å². The van der Waals surface area contributed by atoms with Crippen molar-refractivity contribution in [1.29, 1.82) is 0 Å². The third kappa shape index (κ3) is 6.60. The van der Waals surface area contributed by atoms with Crippen LogP contribution in [0.5, 0.6) is 11.5 Å². The van der Waals surface area contributed by atoms with Crippen molar-refractivity contribution in [2.24, 2.45) is 5.41 Å². The Morgan fingerprint density at radius 1 is 1.02 bits per heavy atom. The summed E-state index contributed by atoms with van der Waals surface area (Å²) < 4.78 is 44.6. The highest BCUT2D eigenvalue weighted by Crippen LogP contribution is 2.45. The lowest BCUT2D eigenvalue weighted by Crippen LogP contribution is -2.50. The molecule has 0 bridgehead atoms. The van der Waals surface area contributed by atoms with Gasteiger partial charge >= 0.3 is 18.1 Å². The van der Waals surface area contributed by atoms with E-state index < -0.39 is 17.9 Å². The van der Waals surface area contributed by atoms with E-state index in [9.17, 15) is 23.2 Å². The van der Waals surface area contributed by atoms with E-state index in [2.05, 4.69) is 24.0 Å². The molecule has 5 rings (SSSR count). The van der Waals surface area contributed by atoms with Gasteiger partial charge in [-0.3, -0.25) is 9.69 Å². The normalized spacial score (nSPS) is 22.0. The number of hydrogen-bond acceptors (Lipinski definition) is 6. The predicted molar refractivity (Wildman–Crippen MR) is 138 cm³/mol. The molecule has 4 heterocycles. The molecule has 40 heavy (non-hydrogen) atoms. The highest BCUT2D eigenvalue weighted by atomic mass is 19.4. The van der Waals surface area contributed by atoms with Crippen molar-refractivity contribution in [3.63, 3.8) is 0 Å². The van der Waals surface area contributed by atoms with Crippen LogP contribution in [0, 0.1) is 10.6 Å². The van der Waals surface area contributed by atoms with Crippen LogP contribution >= 0.6 is 0 Å². The van der Waals surface area contributed by atoms with Gasteiger partial charge in [0.2, 0.25) is 5.79 Å². The van der Waals surface area contributed by atoms with Crippen LogP contribution in [0.15, 0.2) is 42.6 Å². The first-order valence-corrected chi connectivity index (χ1v) is 13.3. The van der Waals surface area contributed by atoms with E-state index in [0.29, 0.717) is 10.1 Å². The number of amides is 1. The van der Waals surface area contributed by atoms with E-state index >= 15 is 0 Å². The Bertz CT molecular complexity index is 1220. The van der Waals surface area contributed by atoms with Crippen LogP contribution in [0.4, 0.5) is 13.2 Å². The number of aliphatic carboxylic acids is 1. The molecule has 12 heteroatoms. The molecule has 218 valence electrons. The number of carbonyl (C=O) groups is 2. The van der Waals surface area contributed by atoms with Crippen molar-refractivity contribution >= 4 is 11.9 Å². The van der Waals surface area contributed by atoms with Gasteiger partial charge < -0.3 is 24.7 Å². The Balaban J connectivity index is 0.000000470. The first-order valence-electron chi connectivity index (χ1n) is 13.3. The Kier molecular flexibility index (Phi) is 8.48. The fraction of sp³-hybridized carbons (Fsp3) is 0.536. The molecule has 3 aliphatic heterocycles. The van der Waals surface area contributed by atoms with E-state index in [-0.39, 0.29) is 11.6 Å². The lowest BCUT2D eigenvalue weighted by atomic mass is 9.71. The average molecular weight is 566 g/mol. The molecule has 1 spiro atoms. The van der Waals surface area contributed by atoms with Crippen molar-refractivity contribution in [2.75, 3.05) is 26.2 Å². The molecule has 3 aliphatic rings. The summed E-state index contributed by atoms with van der Waals surface area (Å²) in [5.74, 6) is -1.74. The number of ether oxygens (including phenoxy) is 2. The number of fused-ring (bicyclic) bond motifs is 1. The van der Waals surface area contributed by atoms with Gasteiger partial charge in [0, 0.05) is 50.7 Å². The Hall–Kier alpha value is -3.54. The number of alkyl halides is 3. The molecule has 1 aromatic heterocycles. The summed E-state index contributed by atoms with van der Waals surface area (Å²) in [7, 11) is 0. The number of hydrogen-bond donors (Lipinski definition) is 1. The second kappa shape index (κ2) is 11.5. The minimum absolute atomic E-state index is 0.155. The van der Waals surface area contributed by atoms with Gasteiger partial charge in [-0.15, -0.1) is 0 Å². The van der Waals surface area contributed by atoms with Crippen LogP contribution in [0.2, 0.25) is 0 Å². The first kappa shape index (κ1) is 29.4. The van der Waals surface area contributed by atoms with Gasteiger partial charge in [0.05, 0.1) is 0 Å². The van der Waals surface area contributed by atoms with E-state index in [4.69, 9.17) is 19.4 Å². The third-order valence-corrected chi connectivity index (χ3v) is 8.05. The van der Waals surface area contributed by atoms with E-state index in [1.54, 1.807) is 18.2 Å². The number of halogens is 3. The highest BCUT2D eigenvalue weighted by molar-refractivity contribution is 5.91. The van der Waals surface area contributed by atoms with Crippen molar-refractivity contribution in [3.8, 4) is 11.5 Å². The molecule has 1 amide bonds. The van der Waals surface area contributed by atoms with E-state index in [1.807, 2.05) is 17.9 Å². The van der Waals surface area contributed by atoms with Crippen LogP contribution in [-0.2, 0) is 11.3 Å². The summed E-state index contributed by atoms with van der Waals surface area (Å²) in [6, 6.07) is 11.2. The number of pyridine rings is 1. The maximum Gasteiger partial charge on any atom is 0.490 e. The molecule has 2 aromatic rings. The topological polar surface area (TPSA) is 106 Å². The second-order valence-electron chi connectivity index (χ2n) is 10.7. The van der Waals surface area contributed by atoms with Crippen molar-refractivity contribution in [1.82, 2.24) is 9.80 Å². The van der Waals surface area contributed by atoms with Gasteiger partial charge in [0.15, 0.2) is 17.7 Å². The van der Waals surface area contributed by atoms with Crippen LogP contribution < -0.4 is 14.2 Å². The third-order valence-electron chi connectivity index (χ3n) is 8.05. The van der Waals surface area contributed by atoms with Gasteiger partial charge in [-0.25, -0.2) is 4.79 Å². The molecule has 2 saturated heterocycles. The fourth-order valence-corrected chi connectivity index (χ4v) is 5.36. The van der Waals surface area contributed by atoms with Crippen LogP contribution in [-0.4, -0.2) is 64.9 Å². The summed E-state index contributed by atoms with van der Waals surface area (Å²) in [4.78, 5) is 26.0. The maximum atomic E-state index is 12.8. The Labute approximate surface area is 230 Å². The zero-order chi connectivity index (χ0) is 29.1. The molecule has 0 aliphatic carbocycles. The Morgan fingerprint density at radius 3 is 2.23 bits per heavy atom. The molecule has 9 nitrogen and oxygen atoms in total. The van der Waals surface area contributed by atoms with Gasteiger partial charge in [0.25, 0.3) is 5.69 Å². The predicted octanol–water partition coefficient (Wildman–Crippen LogP) is 4.37. The number of carbonyl (C=O) groups excluding carboxylic acids is 1. The lowest BCUT2D eigenvalue weighted by molar-refractivity contribution is -0.608. The zero-order valence-corrected chi connectivity index (χ0v) is 22.6. The largest absolute Gasteiger partial charge is 0.618 e. The molecule has 1 aromatic carbocycles. The molecule has 1 N–H and O–H groups in total. The lowest BCUT2D eigenvalue weighted by Gasteiger charge is -2.46. The second-order valence-corrected chi connectivity index (χ2v) is 10.7. The number of rotatable bonds is 4. The Morgan fingerprint density at radius 2 is 1.65 bits per heavy atom. The van der Waals surface area contributed by atoms with Crippen molar-refractivity contribution < 1.29 is 42.1 Å². The van der Waals surface area contributed by atoms with Crippen molar-refractivity contribution in [3.05, 3.63) is 59.1 Å². The first-order chi connectivity index (χ1) is 18.8. The smallest absolute Gasteiger partial charge is 0.490 e. The summed E-state index contributed by atoms with van der Waals surface area (Å²) in [6.07, 6.45) is 1.39. The number of likely N-dealkylation sites (tertiary alicyclic amines) is 2. The molecule has 1 atom stereocenters. The van der Waals surface area contributed by atoms with Crippen LogP contribution in [0.1, 0.15) is 62.0 Å². The molecular formula is C28H34F3N3O6. The number of nitrogens with zero attached hydrogens (tertiary/aromatic N) is 3. The highest BCUT2D eigenvalue weighted by Gasteiger charge is 2.41. The zero-order valence-electron chi connectivity index (χ0n) is 22.6. The summed E-state index contributed by atoms with van der Waals surface area (Å²) in [5, 5.41) is 19.1. The van der Waals surface area contributed by atoms with Gasteiger partial charge in [-0.05, 0) is 56.3 Å². The van der Waals surface area contributed by atoms with Gasteiger partial charge in [-0.1, -0.05) is 19.1 Å². The average Bonchev–Trinajstić information content (AvgIpc) is 3.28. The molecule has 0 radical (unpaired) electrons. The summed E-state index contributed by atoms with van der Waals surface area (Å²) >= 11 is 0. The maximum absolute atomic E-state index is 12.8. The monoisotopic (exact) mass is 565 g/mol. The SMILES string of the molecule is CCC1(C)Oc2cccc(CN3CCC4(CC3)CCN(C(=O)c3cccc[n+]3[O-])CC4)c2O1.O=C(O)C(F)(F)F. The van der Waals surface area contributed by atoms with Gasteiger partial charge in [0.1, 0.15) is 0 Å². The summed E-state index contributed by atoms with van der Waals surface area (Å²) in [6.45, 7) is 8.47. The number of carboxylic acids is 1. The minimum atomic E-state index is -5.08. The minimum Gasteiger partial charge on any atom is -0.618 e. The number of para-hydroxylation sites is 1. The molecular weight excluding hydrogens is 531 g/mol. The molecule has 2 fully saturated rings. The standard InChI is InChI=1S/C26H33N3O4.C2HF3O2/c1-3-25(2)32-22-9-6-7-20(23(22)33-25)19-27-15-10-26(11-16-27)12-17-28(18-13-26)24(30)21-8-4-5-14-29(21)31;3-2(4,5)1(6)7/h4-9,14H,3,10-13,15-19H2,1-2H3;(H,6,7). The van der Waals surface area contributed by atoms with E-state index in [0.717, 1.165) is 76.3 Å². The molecule has 1 unspecified atom stereocenters. The van der Waals surface area contributed by atoms with Crippen LogP contribution in [0.3, 0.4) is 0 Å². The number of benzene rings is 1. The fourth-order valence-electron chi connectivity index (χ4n) is 5.36. The van der Waals surface area contributed by atoms with Gasteiger partial charge in [-0.2, -0.15) is 17.9 Å². The number of aromatic nitrogens is 1. The van der Waals surface area contributed by atoms with Crippen LogP contribution in [0.25, 0.3) is 0 Å². The molecule has 0 saturated carbocycles. The van der Waals surface area contributed by atoms with Crippen molar-refractivity contribution in [2.45, 2.75) is 64.5 Å². The number of piperidine rings is 2. The summed E-state index contributed by atoms with van der Waals surface area (Å²) in [5.41, 5.74) is 1.70. The quantitative estimate of drug-likeness (QED) is 0.434. The number of carboxylic acid groups (broad SMARTS) is 1.